The van der Waals surface area contributed by atoms with Gasteiger partial charge in [0.1, 0.15) is 5.60 Å². The quantitative estimate of drug-likeness (QED) is 0.595. The maximum atomic E-state index is 11.9. The zero-order chi connectivity index (χ0) is 12.3. The predicted octanol–water partition coefficient (Wildman–Crippen LogP) is 2.20. The molecule has 1 rings (SSSR count). The van der Waals surface area contributed by atoms with Crippen molar-refractivity contribution >= 4 is 6.09 Å². The van der Waals surface area contributed by atoms with E-state index in [1.807, 2.05) is 27.7 Å². The van der Waals surface area contributed by atoms with Crippen LogP contribution in [0.15, 0.2) is 12.2 Å². The van der Waals surface area contributed by atoms with Crippen LogP contribution < -0.4 is 0 Å². The van der Waals surface area contributed by atoms with Gasteiger partial charge in [-0.15, -0.1) is 0 Å². The molecule has 0 aromatic rings. The third-order valence-corrected chi connectivity index (χ3v) is 2.12. The van der Waals surface area contributed by atoms with E-state index in [1.54, 1.807) is 4.90 Å². The van der Waals surface area contributed by atoms with Crippen molar-refractivity contribution in [3.05, 3.63) is 12.2 Å². The number of rotatable bonds is 0. The molecular weight excluding hydrogens is 206 g/mol. The Hall–Kier alpha value is -1.03. The molecule has 4 nitrogen and oxygen atoms in total. The minimum Gasteiger partial charge on any atom is -0.444 e. The van der Waals surface area contributed by atoms with E-state index in [0.717, 1.165) is 5.57 Å². The summed E-state index contributed by atoms with van der Waals surface area (Å²) < 4.78 is 10.8. The minimum absolute atomic E-state index is 0.0202. The van der Waals surface area contributed by atoms with Gasteiger partial charge in [-0.2, -0.15) is 0 Å². The first-order valence-corrected chi connectivity index (χ1v) is 5.54. The summed E-state index contributed by atoms with van der Waals surface area (Å²) >= 11 is 0. The summed E-state index contributed by atoms with van der Waals surface area (Å²) in [4.78, 5) is 13.5. The van der Waals surface area contributed by atoms with Crippen molar-refractivity contribution < 1.29 is 14.3 Å². The van der Waals surface area contributed by atoms with Crippen molar-refractivity contribution in [3.8, 4) is 0 Å². The highest BCUT2D eigenvalue weighted by atomic mass is 16.6. The SMILES string of the molecule is C=C1CO[C@@H](C)CN(C(=O)OC(C)(C)C)C1. The van der Waals surface area contributed by atoms with E-state index < -0.39 is 5.60 Å². The maximum absolute atomic E-state index is 11.9. The maximum Gasteiger partial charge on any atom is 0.410 e. The second kappa shape index (κ2) is 4.87. The van der Waals surface area contributed by atoms with Crippen LogP contribution in [0.25, 0.3) is 0 Å². The molecule has 1 fully saturated rings. The van der Waals surface area contributed by atoms with Gasteiger partial charge in [-0.25, -0.2) is 4.79 Å². The second-order valence-corrected chi connectivity index (χ2v) is 5.23. The summed E-state index contributed by atoms with van der Waals surface area (Å²) in [5.74, 6) is 0. The topological polar surface area (TPSA) is 38.8 Å². The van der Waals surface area contributed by atoms with Crippen LogP contribution in [0.1, 0.15) is 27.7 Å². The summed E-state index contributed by atoms with van der Waals surface area (Å²) in [7, 11) is 0. The molecule has 1 aliphatic rings. The van der Waals surface area contributed by atoms with Crippen LogP contribution in [0.5, 0.6) is 0 Å². The van der Waals surface area contributed by atoms with Gasteiger partial charge in [-0.05, 0) is 33.3 Å². The van der Waals surface area contributed by atoms with Crippen LogP contribution in [0, 0.1) is 0 Å². The first kappa shape index (κ1) is 13.0. The smallest absolute Gasteiger partial charge is 0.410 e. The van der Waals surface area contributed by atoms with Crippen molar-refractivity contribution in [1.29, 1.82) is 0 Å². The molecule has 1 aliphatic heterocycles. The lowest BCUT2D eigenvalue weighted by molar-refractivity contribution is 0.0172. The Morgan fingerprint density at radius 1 is 1.56 bits per heavy atom. The molecule has 1 amide bonds. The Morgan fingerprint density at radius 2 is 2.19 bits per heavy atom. The molecular formula is C12H21NO3. The van der Waals surface area contributed by atoms with Gasteiger partial charge in [0.05, 0.1) is 19.3 Å². The van der Waals surface area contributed by atoms with Gasteiger partial charge in [0.15, 0.2) is 0 Å². The standard InChI is InChI=1S/C12H21NO3/c1-9-6-13(7-10(2)15-8-9)11(14)16-12(3,4)5/h10H,1,6-8H2,2-5H3/t10-/m0/s1. The van der Waals surface area contributed by atoms with Crippen molar-refractivity contribution in [2.75, 3.05) is 19.7 Å². The number of carbonyl (C=O) groups is 1. The molecule has 0 saturated carbocycles. The summed E-state index contributed by atoms with van der Waals surface area (Å²) in [5, 5.41) is 0. The number of ether oxygens (including phenoxy) is 2. The number of hydrogen-bond donors (Lipinski definition) is 0. The van der Waals surface area contributed by atoms with Gasteiger partial charge in [0, 0.05) is 6.54 Å². The number of amides is 1. The van der Waals surface area contributed by atoms with E-state index in [9.17, 15) is 4.79 Å². The Kier molecular flexibility index (Phi) is 3.97. The average molecular weight is 227 g/mol. The molecule has 0 spiro atoms. The highest BCUT2D eigenvalue weighted by molar-refractivity contribution is 5.68. The van der Waals surface area contributed by atoms with Gasteiger partial charge in [-0.1, -0.05) is 6.58 Å². The lowest BCUT2D eigenvalue weighted by Gasteiger charge is -2.27. The molecule has 4 heteroatoms. The van der Waals surface area contributed by atoms with Crippen LogP contribution in [0.3, 0.4) is 0 Å². The summed E-state index contributed by atoms with van der Waals surface area (Å²) in [5.41, 5.74) is 0.435. The number of nitrogens with zero attached hydrogens (tertiary/aromatic N) is 1. The van der Waals surface area contributed by atoms with Crippen LogP contribution >= 0.6 is 0 Å². The Labute approximate surface area is 97.2 Å². The fourth-order valence-corrected chi connectivity index (χ4v) is 1.47. The Bertz CT molecular complexity index is 280. The monoisotopic (exact) mass is 227 g/mol. The fraction of sp³-hybridized carbons (Fsp3) is 0.750. The van der Waals surface area contributed by atoms with Crippen LogP contribution in [-0.2, 0) is 9.47 Å². The zero-order valence-electron chi connectivity index (χ0n) is 10.6. The van der Waals surface area contributed by atoms with Crippen LogP contribution in [-0.4, -0.2) is 42.4 Å². The van der Waals surface area contributed by atoms with Crippen molar-refractivity contribution in [1.82, 2.24) is 4.90 Å². The molecule has 0 aromatic heterocycles. The van der Waals surface area contributed by atoms with Gasteiger partial charge >= 0.3 is 6.09 Å². The summed E-state index contributed by atoms with van der Waals surface area (Å²) in [6.45, 7) is 13.0. The van der Waals surface area contributed by atoms with E-state index in [1.165, 1.54) is 0 Å². The highest BCUT2D eigenvalue weighted by Gasteiger charge is 2.26. The van der Waals surface area contributed by atoms with E-state index in [2.05, 4.69) is 6.58 Å². The molecule has 0 radical (unpaired) electrons. The van der Waals surface area contributed by atoms with Gasteiger partial charge in [0.2, 0.25) is 0 Å². The molecule has 0 unspecified atom stereocenters. The van der Waals surface area contributed by atoms with Crippen molar-refractivity contribution in [2.45, 2.75) is 39.4 Å². The molecule has 0 aromatic carbocycles. The first-order chi connectivity index (χ1) is 7.28. The van der Waals surface area contributed by atoms with E-state index >= 15 is 0 Å². The average Bonchev–Trinajstić information content (AvgIpc) is 2.25. The zero-order valence-corrected chi connectivity index (χ0v) is 10.6. The van der Waals surface area contributed by atoms with Crippen molar-refractivity contribution in [2.24, 2.45) is 0 Å². The first-order valence-electron chi connectivity index (χ1n) is 5.54. The second-order valence-electron chi connectivity index (χ2n) is 5.23. The fourth-order valence-electron chi connectivity index (χ4n) is 1.47. The molecule has 0 bridgehead atoms. The highest BCUT2D eigenvalue weighted by Crippen LogP contribution is 2.14. The normalized spacial score (nSPS) is 22.9. The van der Waals surface area contributed by atoms with Gasteiger partial charge in [0.25, 0.3) is 0 Å². The predicted molar refractivity (Wildman–Crippen MR) is 62.4 cm³/mol. The van der Waals surface area contributed by atoms with E-state index in [0.29, 0.717) is 19.7 Å². The molecule has 16 heavy (non-hydrogen) atoms. The molecule has 0 aliphatic carbocycles. The van der Waals surface area contributed by atoms with Crippen molar-refractivity contribution in [3.63, 3.8) is 0 Å². The third-order valence-electron chi connectivity index (χ3n) is 2.12. The third kappa shape index (κ3) is 4.23. The van der Waals surface area contributed by atoms with Gasteiger partial charge < -0.3 is 14.4 Å². The van der Waals surface area contributed by atoms with E-state index in [4.69, 9.17) is 9.47 Å². The summed E-state index contributed by atoms with van der Waals surface area (Å²) in [6, 6.07) is 0. The Morgan fingerprint density at radius 3 is 2.75 bits per heavy atom. The van der Waals surface area contributed by atoms with Gasteiger partial charge in [-0.3, -0.25) is 0 Å². The van der Waals surface area contributed by atoms with E-state index in [-0.39, 0.29) is 12.2 Å². The molecule has 1 atom stereocenters. The molecule has 1 saturated heterocycles. The summed E-state index contributed by atoms with van der Waals surface area (Å²) in [6.07, 6.45) is -0.280. The molecule has 92 valence electrons. The van der Waals surface area contributed by atoms with Crippen LogP contribution in [0.2, 0.25) is 0 Å². The van der Waals surface area contributed by atoms with Crippen LogP contribution in [0.4, 0.5) is 4.79 Å². The molecule has 0 N–H and O–H groups in total. The number of hydrogen-bond acceptors (Lipinski definition) is 3. The lowest BCUT2D eigenvalue weighted by atomic mass is 10.2. The number of carbonyl (C=O) groups excluding carboxylic acids is 1. The molecule has 1 heterocycles. The minimum atomic E-state index is -0.463. The largest absolute Gasteiger partial charge is 0.444 e. The Balaban J connectivity index is 2.63. The lowest BCUT2D eigenvalue weighted by Crippen LogP contribution is -2.40.